The van der Waals surface area contributed by atoms with E-state index >= 15 is 0 Å². The third-order valence-corrected chi connectivity index (χ3v) is 3.03. The molecule has 6 nitrogen and oxygen atoms in total. The molecule has 1 aromatic rings. The van der Waals surface area contributed by atoms with Gasteiger partial charge in [0.1, 0.15) is 17.4 Å². The quantitative estimate of drug-likeness (QED) is 0.815. The number of alkyl carbamates (subject to hydrolysis) is 1. The van der Waals surface area contributed by atoms with Crippen LogP contribution in [0.3, 0.4) is 0 Å². The zero-order valence-electron chi connectivity index (χ0n) is 14.3. The lowest BCUT2D eigenvalue weighted by atomic mass is 10.1. The van der Waals surface area contributed by atoms with Crippen molar-refractivity contribution in [3.05, 3.63) is 29.8 Å². The standard InChI is InChI=1S/C17H25NO5/c1-17(2,3)23-16(20)18-14(15(19)22-5)10-9-12-7-6-8-13(11-12)21-4/h6-8,11,14H,9-10H2,1-5H3,(H,18,20)/t14-/m0/s1. The second-order valence-corrected chi connectivity index (χ2v) is 6.11. The summed E-state index contributed by atoms with van der Waals surface area (Å²) in [5, 5.41) is 2.56. The lowest BCUT2D eigenvalue weighted by Crippen LogP contribution is -2.44. The number of esters is 1. The predicted octanol–water partition coefficient (Wildman–Crippen LogP) is 2.69. The van der Waals surface area contributed by atoms with Gasteiger partial charge in [0.25, 0.3) is 0 Å². The Morgan fingerprint density at radius 2 is 1.91 bits per heavy atom. The topological polar surface area (TPSA) is 73.9 Å². The number of hydrogen-bond donors (Lipinski definition) is 1. The summed E-state index contributed by atoms with van der Waals surface area (Å²) < 4.78 is 15.1. The Morgan fingerprint density at radius 3 is 2.48 bits per heavy atom. The van der Waals surface area contributed by atoms with Crippen molar-refractivity contribution in [3.63, 3.8) is 0 Å². The van der Waals surface area contributed by atoms with Gasteiger partial charge in [0, 0.05) is 0 Å². The molecule has 6 heteroatoms. The largest absolute Gasteiger partial charge is 0.497 e. The number of nitrogens with one attached hydrogen (secondary N) is 1. The highest BCUT2D eigenvalue weighted by atomic mass is 16.6. The summed E-state index contributed by atoms with van der Waals surface area (Å²) in [5.74, 6) is 0.246. The van der Waals surface area contributed by atoms with Crippen molar-refractivity contribution >= 4 is 12.1 Å². The summed E-state index contributed by atoms with van der Waals surface area (Å²) in [6, 6.07) is 6.79. The summed E-state index contributed by atoms with van der Waals surface area (Å²) in [7, 11) is 2.89. The van der Waals surface area contributed by atoms with E-state index in [0.717, 1.165) is 11.3 Å². The summed E-state index contributed by atoms with van der Waals surface area (Å²) in [6.07, 6.45) is 0.352. The zero-order valence-corrected chi connectivity index (χ0v) is 14.3. The van der Waals surface area contributed by atoms with Crippen LogP contribution in [0.2, 0.25) is 0 Å². The number of carbonyl (C=O) groups is 2. The van der Waals surface area contributed by atoms with Crippen LogP contribution in [-0.2, 0) is 20.7 Å². The van der Waals surface area contributed by atoms with Gasteiger partial charge in [-0.1, -0.05) is 12.1 Å². The molecular formula is C17H25NO5. The van der Waals surface area contributed by atoms with Crippen molar-refractivity contribution in [1.29, 1.82) is 0 Å². The van der Waals surface area contributed by atoms with Crippen molar-refractivity contribution in [3.8, 4) is 5.75 Å². The van der Waals surface area contributed by atoms with Crippen molar-refractivity contribution in [1.82, 2.24) is 5.32 Å². The lowest BCUT2D eigenvalue weighted by molar-refractivity contribution is -0.143. The molecular weight excluding hydrogens is 298 g/mol. The van der Waals surface area contributed by atoms with E-state index in [-0.39, 0.29) is 0 Å². The second kappa shape index (κ2) is 8.41. The Balaban J connectivity index is 2.67. The minimum Gasteiger partial charge on any atom is -0.497 e. The molecule has 0 unspecified atom stereocenters. The molecule has 1 rings (SSSR count). The van der Waals surface area contributed by atoms with Gasteiger partial charge in [0.2, 0.25) is 0 Å². The lowest BCUT2D eigenvalue weighted by Gasteiger charge is -2.22. The van der Waals surface area contributed by atoms with E-state index in [1.807, 2.05) is 24.3 Å². The minimum atomic E-state index is -0.763. The van der Waals surface area contributed by atoms with Gasteiger partial charge >= 0.3 is 12.1 Å². The van der Waals surface area contributed by atoms with Crippen molar-refractivity contribution in [2.45, 2.75) is 45.3 Å². The number of benzene rings is 1. The number of ether oxygens (including phenoxy) is 3. The average Bonchev–Trinajstić information content (AvgIpc) is 2.49. The van der Waals surface area contributed by atoms with Gasteiger partial charge < -0.3 is 19.5 Å². The van der Waals surface area contributed by atoms with E-state index in [2.05, 4.69) is 5.32 Å². The first-order valence-electron chi connectivity index (χ1n) is 7.45. The highest BCUT2D eigenvalue weighted by Crippen LogP contribution is 2.15. The third-order valence-electron chi connectivity index (χ3n) is 3.03. The van der Waals surface area contributed by atoms with Crippen LogP contribution >= 0.6 is 0 Å². The van der Waals surface area contributed by atoms with Crippen LogP contribution in [0, 0.1) is 0 Å². The predicted molar refractivity (Wildman–Crippen MR) is 86.5 cm³/mol. The molecule has 23 heavy (non-hydrogen) atoms. The van der Waals surface area contributed by atoms with Gasteiger partial charge in [-0.2, -0.15) is 0 Å². The maximum atomic E-state index is 11.8. The summed E-state index contributed by atoms with van der Waals surface area (Å²) in [4.78, 5) is 23.7. The van der Waals surface area contributed by atoms with Crippen LogP contribution in [0.25, 0.3) is 0 Å². The number of methoxy groups -OCH3 is 2. The summed E-state index contributed by atoms with van der Waals surface area (Å²) >= 11 is 0. The van der Waals surface area contributed by atoms with Crippen LogP contribution < -0.4 is 10.1 Å². The highest BCUT2D eigenvalue weighted by molar-refractivity contribution is 5.81. The average molecular weight is 323 g/mol. The van der Waals surface area contributed by atoms with E-state index in [0.29, 0.717) is 12.8 Å². The number of rotatable bonds is 6. The maximum Gasteiger partial charge on any atom is 0.408 e. The molecule has 0 spiro atoms. The van der Waals surface area contributed by atoms with Crippen LogP contribution in [0.5, 0.6) is 5.75 Å². The maximum absolute atomic E-state index is 11.8. The van der Waals surface area contributed by atoms with E-state index in [9.17, 15) is 9.59 Å². The van der Waals surface area contributed by atoms with Crippen molar-refractivity contribution in [2.75, 3.05) is 14.2 Å². The molecule has 0 radical (unpaired) electrons. The molecule has 0 aliphatic rings. The first-order valence-corrected chi connectivity index (χ1v) is 7.45. The molecule has 1 atom stereocenters. The SMILES string of the molecule is COC(=O)[C@H](CCc1cccc(OC)c1)NC(=O)OC(C)(C)C. The number of aryl methyl sites for hydroxylation is 1. The van der Waals surface area contributed by atoms with Gasteiger partial charge in [0.15, 0.2) is 0 Å². The van der Waals surface area contributed by atoms with Gasteiger partial charge in [0.05, 0.1) is 14.2 Å². The molecule has 1 aromatic carbocycles. The molecule has 0 heterocycles. The number of carbonyl (C=O) groups excluding carboxylic acids is 2. The second-order valence-electron chi connectivity index (χ2n) is 6.11. The van der Waals surface area contributed by atoms with Crippen LogP contribution in [0.15, 0.2) is 24.3 Å². The van der Waals surface area contributed by atoms with Crippen molar-refractivity contribution in [2.24, 2.45) is 0 Å². The Kier molecular flexibility index (Phi) is 6.88. The summed E-state index contributed by atoms with van der Waals surface area (Å²) in [6.45, 7) is 5.28. The molecule has 1 N–H and O–H groups in total. The smallest absolute Gasteiger partial charge is 0.408 e. The molecule has 0 aliphatic carbocycles. The first-order chi connectivity index (χ1) is 10.7. The van der Waals surface area contributed by atoms with Crippen LogP contribution in [0.1, 0.15) is 32.8 Å². The van der Waals surface area contributed by atoms with Crippen molar-refractivity contribution < 1.29 is 23.8 Å². The Hall–Kier alpha value is -2.24. The molecule has 0 saturated heterocycles. The Bertz CT molecular complexity index is 536. The fourth-order valence-electron chi connectivity index (χ4n) is 1.98. The van der Waals surface area contributed by atoms with Gasteiger partial charge in [-0.3, -0.25) is 0 Å². The molecule has 0 aromatic heterocycles. The third kappa shape index (κ3) is 7.04. The molecule has 0 fully saturated rings. The Morgan fingerprint density at radius 1 is 1.22 bits per heavy atom. The molecule has 0 bridgehead atoms. The fourth-order valence-corrected chi connectivity index (χ4v) is 1.98. The minimum absolute atomic E-state index is 0.402. The normalized spacial score (nSPS) is 12.2. The number of hydrogen-bond acceptors (Lipinski definition) is 5. The first kappa shape index (κ1) is 18.8. The monoisotopic (exact) mass is 323 g/mol. The fraction of sp³-hybridized carbons (Fsp3) is 0.529. The Labute approximate surface area is 137 Å². The van der Waals surface area contributed by atoms with Crippen LogP contribution in [-0.4, -0.2) is 37.9 Å². The molecule has 0 aliphatic heterocycles. The van der Waals surface area contributed by atoms with Crippen LogP contribution in [0.4, 0.5) is 4.79 Å². The van der Waals surface area contributed by atoms with Gasteiger partial charge in [-0.15, -0.1) is 0 Å². The molecule has 128 valence electrons. The van der Waals surface area contributed by atoms with E-state index in [1.165, 1.54) is 7.11 Å². The van der Waals surface area contributed by atoms with Gasteiger partial charge in [-0.05, 0) is 51.3 Å². The zero-order chi connectivity index (χ0) is 17.5. The van der Waals surface area contributed by atoms with Gasteiger partial charge in [-0.25, -0.2) is 9.59 Å². The summed E-state index contributed by atoms with van der Waals surface area (Å²) in [5.41, 5.74) is 0.376. The highest BCUT2D eigenvalue weighted by Gasteiger charge is 2.24. The molecule has 1 amide bonds. The van der Waals surface area contributed by atoms with E-state index in [4.69, 9.17) is 14.2 Å². The van der Waals surface area contributed by atoms with E-state index in [1.54, 1.807) is 27.9 Å². The number of amides is 1. The van der Waals surface area contributed by atoms with E-state index < -0.39 is 23.7 Å². The molecule has 0 saturated carbocycles.